The SMILES string of the molecule is CCCN(CC(=O)N1CCc2sccc2C1COc1ccccc1OC)C(=O)c1ccc(F)cc1. The molecule has 0 bridgehead atoms. The molecule has 184 valence electrons. The highest BCUT2D eigenvalue weighted by molar-refractivity contribution is 7.10. The molecule has 1 unspecified atom stereocenters. The van der Waals surface area contributed by atoms with Gasteiger partial charge in [0.1, 0.15) is 19.0 Å². The molecule has 2 heterocycles. The second kappa shape index (κ2) is 11.4. The first-order valence-corrected chi connectivity index (χ1v) is 12.6. The minimum absolute atomic E-state index is 0.0469. The lowest BCUT2D eigenvalue weighted by atomic mass is 10.0. The minimum Gasteiger partial charge on any atom is -0.493 e. The van der Waals surface area contributed by atoms with Crippen molar-refractivity contribution in [3.8, 4) is 11.5 Å². The van der Waals surface area contributed by atoms with Crippen LogP contribution in [0.1, 0.15) is 40.2 Å². The molecular formula is C27H29FN2O4S. The van der Waals surface area contributed by atoms with Gasteiger partial charge in [-0.15, -0.1) is 11.3 Å². The highest BCUT2D eigenvalue weighted by Gasteiger charge is 2.33. The molecule has 0 fully saturated rings. The Morgan fingerprint density at radius 1 is 1.11 bits per heavy atom. The molecule has 2 amide bonds. The van der Waals surface area contributed by atoms with Gasteiger partial charge in [0.2, 0.25) is 5.91 Å². The average molecular weight is 497 g/mol. The third-order valence-electron chi connectivity index (χ3n) is 6.08. The van der Waals surface area contributed by atoms with Gasteiger partial charge < -0.3 is 19.3 Å². The quantitative estimate of drug-likeness (QED) is 0.421. The van der Waals surface area contributed by atoms with Crippen LogP contribution in [0.2, 0.25) is 0 Å². The van der Waals surface area contributed by atoms with Crippen LogP contribution in [0.15, 0.2) is 60.0 Å². The molecule has 1 aliphatic heterocycles. The Labute approximate surface area is 208 Å². The molecule has 3 aromatic rings. The third kappa shape index (κ3) is 5.65. The van der Waals surface area contributed by atoms with Crippen LogP contribution in [0.4, 0.5) is 4.39 Å². The van der Waals surface area contributed by atoms with Gasteiger partial charge in [0.05, 0.1) is 13.2 Å². The van der Waals surface area contributed by atoms with Crippen molar-refractivity contribution in [2.75, 3.05) is 33.4 Å². The van der Waals surface area contributed by atoms with Crippen LogP contribution < -0.4 is 9.47 Å². The summed E-state index contributed by atoms with van der Waals surface area (Å²) in [5.74, 6) is 0.418. The first kappa shape index (κ1) is 24.7. The zero-order chi connectivity index (χ0) is 24.8. The molecule has 0 N–H and O–H groups in total. The topological polar surface area (TPSA) is 59.1 Å². The van der Waals surface area contributed by atoms with Gasteiger partial charge in [0.25, 0.3) is 5.91 Å². The maximum atomic E-state index is 13.5. The van der Waals surface area contributed by atoms with Crippen molar-refractivity contribution in [2.45, 2.75) is 25.8 Å². The average Bonchev–Trinajstić information content (AvgIpc) is 3.36. The van der Waals surface area contributed by atoms with E-state index in [0.717, 1.165) is 12.0 Å². The molecule has 1 atom stereocenters. The molecule has 1 aromatic heterocycles. The Morgan fingerprint density at radius 2 is 1.86 bits per heavy atom. The molecule has 0 saturated carbocycles. The number of thiophene rings is 1. The summed E-state index contributed by atoms with van der Waals surface area (Å²) in [6.45, 7) is 3.17. The summed E-state index contributed by atoms with van der Waals surface area (Å²) in [5, 5.41) is 2.04. The number of hydrogen-bond acceptors (Lipinski definition) is 5. The number of methoxy groups -OCH3 is 1. The normalized spacial score (nSPS) is 14.8. The fourth-order valence-electron chi connectivity index (χ4n) is 4.33. The van der Waals surface area contributed by atoms with Crippen LogP contribution in [0, 0.1) is 5.82 Å². The van der Waals surface area contributed by atoms with Crippen LogP contribution >= 0.6 is 11.3 Å². The first-order valence-electron chi connectivity index (χ1n) is 11.7. The fraction of sp³-hybridized carbons (Fsp3) is 0.333. The smallest absolute Gasteiger partial charge is 0.254 e. The van der Waals surface area contributed by atoms with E-state index < -0.39 is 5.82 Å². The molecular weight excluding hydrogens is 467 g/mol. The van der Waals surface area contributed by atoms with Crippen LogP contribution in [-0.2, 0) is 11.2 Å². The zero-order valence-corrected chi connectivity index (χ0v) is 20.7. The van der Waals surface area contributed by atoms with E-state index in [1.165, 1.54) is 34.0 Å². The molecule has 2 aromatic carbocycles. The van der Waals surface area contributed by atoms with Gasteiger partial charge in [-0.25, -0.2) is 4.39 Å². The lowest BCUT2D eigenvalue weighted by Gasteiger charge is -2.37. The van der Waals surface area contributed by atoms with Crippen molar-refractivity contribution >= 4 is 23.2 Å². The van der Waals surface area contributed by atoms with Gasteiger partial charge >= 0.3 is 0 Å². The Morgan fingerprint density at radius 3 is 2.57 bits per heavy atom. The van der Waals surface area contributed by atoms with Crippen molar-refractivity contribution < 1.29 is 23.5 Å². The number of carbonyl (C=O) groups is 2. The Kier molecular flexibility index (Phi) is 8.02. The fourth-order valence-corrected chi connectivity index (χ4v) is 5.26. The summed E-state index contributed by atoms with van der Waals surface area (Å²) in [5.41, 5.74) is 1.44. The number of nitrogens with zero attached hydrogens (tertiary/aromatic N) is 2. The Hall–Kier alpha value is -3.39. The number of fused-ring (bicyclic) bond motifs is 1. The van der Waals surface area contributed by atoms with Crippen LogP contribution in [0.25, 0.3) is 0 Å². The van der Waals surface area contributed by atoms with E-state index in [1.807, 2.05) is 47.5 Å². The second-order valence-corrected chi connectivity index (χ2v) is 9.35. The van der Waals surface area contributed by atoms with Crippen molar-refractivity contribution in [3.05, 3.63) is 81.8 Å². The predicted octanol–water partition coefficient (Wildman–Crippen LogP) is 4.95. The number of ether oxygens (including phenoxy) is 2. The molecule has 0 spiro atoms. The molecule has 0 radical (unpaired) electrons. The predicted molar refractivity (Wildman–Crippen MR) is 134 cm³/mol. The lowest BCUT2D eigenvalue weighted by Crippen LogP contribution is -2.48. The maximum absolute atomic E-state index is 13.5. The van der Waals surface area contributed by atoms with Gasteiger partial charge in [-0.2, -0.15) is 0 Å². The minimum atomic E-state index is -0.405. The number of para-hydroxylation sites is 2. The maximum Gasteiger partial charge on any atom is 0.254 e. The summed E-state index contributed by atoms with van der Waals surface area (Å²) in [6, 6.07) is 14.6. The van der Waals surface area contributed by atoms with Crippen molar-refractivity contribution in [2.24, 2.45) is 0 Å². The van der Waals surface area contributed by atoms with E-state index in [4.69, 9.17) is 9.47 Å². The summed E-state index contributed by atoms with van der Waals surface area (Å²) >= 11 is 1.68. The van der Waals surface area contributed by atoms with Gasteiger partial charge in [0, 0.05) is 23.5 Å². The number of carbonyl (C=O) groups excluding carboxylic acids is 2. The van der Waals surface area contributed by atoms with Crippen LogP contribution in [0.3, 0.4) is 0 Å². The molecule has 1 aliphatic rings. The van der Waals surface area contributed by atoms with E-state index in [2.05, 4.69) is 0 Å². The van der Waals surface area contributed by atoms with Gasteiger partial charge in [-0.1, -0.05) is 19.1 Å². The molecule has 4 rings (SSSR count). The number of benzene rings is 2. The van der Waals surface area contributed by atoms with Gasteiger partial charge in [-0.3, -0.25) is 9.59 Å². The third-order valence-corrected chi connectivity index (χ3v) is 7.08. The highest BCUT2D eigenvalue weighted by Crippen LogP contribution is 2.35. The summed E-state index contributed by atoms with van der Waals surface area (Å²) in [6.07, 6.45) is 1.47. The van der Waals surface area contributed by atoms with Crippen molar-refractivity contribution in [3.63, 3.8) is 0 Å². The summed E-state index contributed by atoms with van der Waals surface area (Å²) < 4.78 is 24.9. The Bertz CT molecular complexity index is 1160. The monoisotopic (exact) mass is 496 g/mol. The van der Waals surface area contributed by atoms with Gasteiger partial charge in [-0.05, 0) is 66.2 Å². The van der Waals surface area contributed by atoms with E-state index in [0.29, 0.717) is 36.6 Å². The standard InChI is InChI=1S/C27H29FN2O4S/c1-3-14-29(27(32)19-8-10-20(28)11-9-19)17-26(31)30-15-12-25-21(13-16-35-25)22(30)18-34-24-7-5-4-6-23(24)33-2/h4-11,13,16,22H,3,12,14-15,17-18H2,1-2H3. The molecule has 0 aliphatic carbocycles. The van der Waals surface area contributed by atoms with Crippen LogP contribution in [-0.4, -0.2) is 55.0 Å². The van der Waals surface area contributed by atoms with Crippen molar-refractivity contribution in [1.82, 2.24) is 9.80 Å². The molecule has 6 nitrogen and oxygen atoms in total. The van der Waals surface area contributed by atoms with Gasteiger partial charge in [0.15, 0.2) is 11.5 Å². The largest absolute Gasteiger partial charge is 0.493 e. The molecule has 8 heteroatoms. The summed E-state index contributed by atoms with van der Waals surface area (Å²) in [4.78, 5) is 31.2. The van der Waals surface area contributed by atoms with E-state index in [-0.39, 0.29) is 31.0 Å². The molecule has 0 saturated heterocycles. The number of halogens is 1. The van der Waals surface area contributed by atoms with E-state index in [9.17, 15) is 14.0 Å². The number of rotatable bonds is 9. The Balaban J connectivity index is 1.53. The second-order valence-electron chi connectivity index (χ2n) is 8.35. The molecule has 35 heavy (non-hydrogen) atoms. The number of amides is 2. The summed E-state index contributed by atoms with van der Waals surface area (Å²) in [7, 11) is 1.59. The number of hydrogen-bond donors (Lipinski definition) is 0. The lowest BCUT2D eigenvalue weighted by molar-refractivity contribution is -0.135. The van der Waals surface area contributed by atoms with Crippen LogP contribution in [0.5, 0.6) is 11.5 Å². The van der Waals surface area contributed by atoms with E-state index >= 15 is 0 Å². The highest BCUT2D eigenvalue weighted by atomic mass is 32.1. The first-order chi connectivity index (χ1) is 17.0. The van der Waals surface area contributed by atoms with Crippen molar-refractivity contribution in [1.29, 1.82) is 0 Å². The van der Waals surface area contributed by atoms with E-state index in [1.54, 1.807) is 18.4 Å². The zero-order valence-electron chi connectivity index (χ0n) is 19.9.